The molecular weight excluding hydrogens is 358 g/mol. The Bertz CT molecular complexity index is 772. The second-order valence-corrected chi connectivity index (χ2v) is 5.41. The number of methoxy groups -OCH3 is 2. The number of aliphatic imine (C=N–C) groups is 1. The molecule has 7 nitrogen and oxygen atoms in total. The number of guanidine groups is 1. The zero-order valence-electron chi connectivity index (χ0n) is 15.1. The number of alkyl halides is 2. The summed E-state index contributed by atoms with van der Waals surface area (Å²) >= 11 is 0. The van der Waals surface area contributed by atoms with E-state index in [4.69, 9.17) is 19.9 Å². The number of hydrogen-bond donors (Lipinski definition) is 2. The molecule has 27 heavy (non-hydrogen) atoms. The fourth-order valence-electron chi connectivity index (χ4n) is 2.18. The van der Waals surface area contributed by atoms with Crippen molar-refractivity contribution in [2.45, 2.75) is 19.5 Å². The van der Waals surface area contributed by atoms with Crippen molar-refractivity contribution >= 4 is 5.96 Å². The topological polar surface area (TPSA) is 91.0 Å². The van der Waals surface area contributed by atoms with Gasteiger partial charge in [-0.15, -0.1) is 0 Å². The maximum absolute atomic E-state index is 12.2. The van der Waals surface area contributed by atoms with Crippen molar-refractivity contribution in [3.05, 3.63) is 47.7 Å². The Morgan fingerprint density at radius 1 is 1.19 bits per heavy atom. The van der Waals surface area contributed by atoms with Crippen LogP contribution in [-0.2, 0) is 13.1 Å². The van der Waals surface area contributed by atoms with Crippen LogP contribution in [0.1, 0.15) is 11.3 Å². The van der Waals surface area contributed by atoms with Crippen molar-refractivity contribution in [2.24, 2.45) is 10.7 Å². The second-order valence-electron chi connectivity index (χ2n) is 5.41. The number of nitrogens with one attached hydrogen (secondary N) is 1. The first-order chi connectivity index (χ1) is 13.0. The first kappa shape index (κ1) is 20.2. The smallest absolute Gasteiger partial charge is 0.272 e. The molecule has 3 N–H and O–H groups in total. The van der Waals surface area contributed by atoms with E-state index in [9.17, 15) is 8.78 Å². The molecule has 146 valence electrons. The van der Waals surface area contributed by atoms with Gasteiger partial charge in [0.15, 0.2) is 24.1 Å². The van der Waals surface area contributed by atoms with Crippen LogP contribution >= 0.6 is 0 Å². The number of pyridine rings is 1. The van der Waals surface area contributed by atoms with Gasteiger partial charge in [-0.3, -0.25) is 0 Å². The zero-order valence-corrected chi connectivity index (χ0v) is 15.1. The Morgan fingerprint density at radius 3 is 2.67 bits per heavy atom. The molecule has 9 heteroatoms. The molecule has 2 rings (SSSR count). The highest BCUT2D eigenvalue weighted by Crippen LogP contribution is 2.27. The quantitative estimate of drug-likeness (QED) is 0.513. The van der Waals surface area contributed by atoms with E-state index in [0.717, 1.165) is 5.56 Å². The molecule has 0 aliphatic rings. The summed E-state index contributed by atoms with van der Waals surface area (Å²) in [7, 11) is 3.13. The molecule has 0 aliphatic carbocycles. The molecule has 2 aromatic rings. The lowest BCUT2D eigenvalue weighted by Crippen LogP contribution is -2.31. The summed E-state index contributed by atoms with van der Waals surface area (Å²) in [5, 5.41) is 2.92. The lowest BCUT2D eigenvalue weighted by Gasteiger charge is -2.09. The fraction of sp³-hybridized carbons (Fsp3) is 0.333. The normalized spacial score (nSPS) is 11.4. The minimum Gasteiger partial charge on any atom is -0.493 e. The molecule has 1 aromatic heterocycles. The molecule has 0 amide bonds. The number of halogens is 2. The standard InChI is InChI=1S/C18H22F2N4O3/c1-25-14-7-6-12(8-15(14)26-2)9-22-18(21)23-10-13-4-3-5-17(24-13)27-11-16(19)20/h3-8,16H,9-11H2,1-2H3,(H3,21,22,23). The van der Waals surface area contributed by atoms with Crippen LogP contribution in [-0.4, -0.2) is 38.2 Å². The minimum absolute atomic E-state index is 0.135. The van der Waals surface area contributed by atoms with Gasteiger partial charge in [-0.2, -0.15) is 0 Å². The van der Waals surface area contributed by atoms with Gasteiger partial charge in [0.1, 0.15) is 0 Å². The highest BCUT2D eigenvalue weighted by atomic mass is 19.3. The Kier molecular flexibility index (Phi) is 7.60. The average Bonchev–Trinajstić information content (AvgIpc) is 2.69. The summed E-state index contributed by atoms with van der Waals surface area (Å²) in [6, 6.07) is 10.4. The van der Waals surface area contributed by atoms with E-state index in [2.05, 4.69) is 15.3 Å². The van der Waals surface area contributed by atoms with Gasteiger partial charge in [-0.05, 0) is 23.8 Å². The maximum Gasteiger partial charge on any atom is 0.272 e. The van der Waals surface area contributed by atoms with Crippen LogP contribution in [0.2, 0.25) is 0 Å². The van der Waals surface area contributed by atoms with Gasteiger partial charge >= 0.3 is 0 Å². The molecule has 0 saturated heterocycles. The molecule has 1 heterocycles. The number of ether oxygens (including phenoxy) is 3. The molecule has 0 radical (unpaired) electrons. The largest absolute Gasteiger partial charge is 0.493 e. The van der Waals surface area contributed by atoms with Crippen molar-refractivity contribution in [3.63, 3.8) is 0 Å². The number of benzene rings is 1. The zero-order chi connectivity index (χ0) is 19.6. The van der Waals surface area contributed by atoms with Crippen molar-refractivity contribution in [3.8, 4) is 17.4 Å². The third-order valence-electron chi connectivity index (χ3n) is 3.47. The van der Waals surface area contributed by atoms with Crippen molar-refractivity contribution in [1.29, 1.82) is 0 Å². The SMILES string of the molecule is COc1ccc(CN=C(N)NCc2cccc(OCC(F)F)n2)cc1OC. The highest BCUT2D eigenvalue weighted by molar-refractivity contribution is 5.77. The Hall–Kier alpha value is -3.10. The van der Waals surface area contributed by atoms with E-state index in [-0.39, 0.29) is 18.4 Å². The summed E-state index contributed by atoms with van der Waals surface area (Å²) in [6.07, 6.45) is -2.55. The molecule has 0 bridgehead atoms. The number of rotatable bonds is 9. The van der Waals surface area contributed by atoms with Crippen molar-refractivity contribution in [2.75, 3.05) is 20.8 Å². The predicted octanol–water partition coefficient (Wildman–Crippen LogP) is 2.35. The number of nitrogens with zero attached hydrogens (tertiary/aromatic N) is 2. The van der Waals surface area contributed by atoms with Crippen LogP contribution in [0.15, 0.2) is 41.4 Å². The lowest BCUT2D eigenvalue weighted by molar-refractivity contribution is 0.0795. The van der Waals surface area contributed by atoms with Gasteiger partial charge in [0.05, 0.1) is 33.0 Å². The summed E-state index contributed by atoms with van der Waals surface area (Å²) in [5.41, 5.74) is 7.35. The predicted molar refractivity (Wildman–Crippen MR) is 97.4 cm³/mol. The molecular formula is C18H22F2N4O3. The maximum atomic E-state index is 12.2. The van der Waals surface area contributed by atoms with Gasteiger partial charge in [0.25, 0.3) is 6.43 Å². The number of hydrogen-bond acceptors (Lipinski definition) is 5. The Morgan fingerprint density at radius 2 is 1.96 bits per heavy atom. The molecule has 0 fully saturated rings. The first-order valence-electron chi connectivity index (χ1n) is 8.13. The second kappa shape index (κ2) is 10.1. The van der Waals surface area contributed by atoms with E-state index in [1.54, 1.807) is 32.4 Å². The lowest BCUT2D eigenvalue weighted by atomic mass is 10.2. The fourth-order valence-corrected chi connectivity index (χ4v) is 2.18. The summed E-state index contributed by atoms with van der Waals surface area (Å²) in [4.78, 5) is 8.37. The molecule has 0 atom stereocenters. The number of aromatic nitrogens is 1. The summed E-state index contributed by atoms with van der Waals surface area (Å²) < 4.78 is 39.7. The van der Waals surface area contributed by atoms with Crippen LogP contribution < -0.4 is 25.3 Å². The highest BCUT2D eigenvalue weighted by Gasteiger charge is 2.06. The summed E-state index contributed by atoms with van der Waals surface area (Å²) in [5.74, 6) is 1.61. The van der Waals surface area contributed by atoms with Gasteiger partial charge in [0, 0.05) is 6.07 Å². The molecule has 0 saturated carbocycles. The van der Waals surface area contributed by atoms with Crippen LogP contribution in [0.4, 0.5) is 8.78 Å². The van der Waals surface area contributed by atoms with Gasteiger partial charge in [0.2, 0.25) is 5.88 Å². The molecule has 1 aromatic carbocycles. The average molecular weight is 380 g/mol. The van der Waals surface area contributed by atoms with E-state index in [1.807, 2.05) is 12.1 Å². The third-order valence-corrected chi connectivity index (χ3v) is 3.47. The van der Waals surface area contributed by atoms with Gasteiger partial charge < -0.3 is 25.3 Å². The van der Waals surface area contributed by atoms with E-state index in [0.29, 0.717) is 23.7 Å². The van der Waals surface area contributed by atoms with Crippen LogP contribution in [0.3, 0.4) is 0 Å². The number of nitrogens with two attached hydrogens (primary N) is 1. The van der Waals surface area contributed by atoms with Gasteiger partial charge in [-0.25, -0.2) is 18.8 Å². The minimum atomic E-state index is -2.55. The van der Waals surface area contributed by atoms with Crippen molar-refractivity contribution < 1.29 is 23.0 Å². The van der Waals surface area contributed by atoms with Crippen LogP contribution in [0.25, 0.3) is 0 Å². The molecule has 0 aliphatic heterocycles. The van der Waals surface area contributed by atoms with Crippen LogP contribution in [0.5, 0.6) is 17.4 Å². The molecule has 0 unspecified atom stereocenters. The van der Waals surface area contributed by atoms with E-state index in [1.165, 1.54) is 6.07 Å². The third kappa shape index (κ3) is 6.61. The van der Waals surface area contributed by atoms with Crippen LogP contribution in [0, 0.1) is 0 Å². The van der Waals surface area contributed by atoms with E-state index < -0.39 is 13.0 Å². The van der Waals surface area contributed by atoms with Gasteiger partial charge in [-0.1, -0.05) is 12.1 Å². The summed E-state index contributed by atoms with van der Waals surface area (Å²) in [6.45, 7) is -0.0594. The monoisotopic (exact) mass is 380 g/mol. The first-order valence-corrected chi connectivity index (χ1v) is 8.13. The molecule has 0 spiro atoms. The van der Waals surface area contributed by atoms with Crippen molar-refractivity contribution in [1.82, 2.24) is 10.3 Å². The Balaban J connectivity index is 1.90. The Labute approximate surface area is 156 Å². The van der Waals surface area contributed by atoms with E-state index >= 15 is 0 Å².